The molecule has 1 saturated heterocycles. The van der Waals surface area contributed by atoms with Gasteiger partial charge in [0.15, 0.2) is 0 Å². The molecular weight excluding hydrogens is 316 g/mol. The van der Waals surface area contributed by atoms with Gasteiger partial charge in [-0.25, -0.2) is 4.98 Å². The number of amides is 1. The van der Waals surface area contributed by atoms with Crippen LogP contribution in [0.25, 0.3) is 11.0 Å². The van der Waals surface area contributed by atoms with Crippen molar-refractivity contribution in [3.05, 3.63) is 30.1 Å². The molecule has 2 unspecified atom stereocenters. The normalized spacial score (nSPS) is 18.4. The van der Waals surface area contributed by atoms with Crippen molar-refractivity contribution in [2.75, 3.05) is 13.2 Å². The summed E-state index contributed by atoms with van der Waals surface area (Å²) in [6.07, 6.45) is 1.91. The van der Waals surface area contributed by atoms with E-state index in [1.165, 1.54) is 0 Å². The Morgan fingerprint density at radius 1 is 1.24 bits per heavy atom. The highest BCUT2D eigenvalue weighted by Crippen LogP contribution is 2.17. The third-order valence-electron chi connectivity index (χ3n) is 4.76. The van der Waals surface area contributed by atoms with Crippen LogP contribution in [0.15, 0.2) is 24.3 Å². The molecule has 1 amide bonds. The summed E-state index contributed by atoms with van der Waals surface area (Å²) in [5.74, 6) is 1.02. The highest BCUT2D eigenvalue weighted by molar-refractivity contribution is 5.82. The number of aromatic amines is 1. The van der Waals surface area contributed by atoms with Crippen LogP contribution < -0.4 is 10.6 Å². The van der Waals surface area contributed by atoms with E-state index in [0.29, 0.717) is 6.04 Å². The topological polar surface area (TPSA) is 79.0 Å². The number of aromatic nitrogens is 2. The summed E-state index contributed by atoms with van der Waals surface area (Å²) in [5, 5.41) is 6.62. The number of hydrogen-bond donors (Lipinski definition) is 3. The molecule has 3 N–H and O–H groups in total. The lowest BCUT2D eigenvalue weighted by Gasteiger charge is -2.30. The van der Waals surface area contributed by atoms with Gasteiger partial charge in [-0.15, -0.1) is 0 Å². The van der Waals surface area contributed by atoms with Crippen LogP contribution in [0.1, 0.15) is 45.5 Å². The van der Waals surface area contributed by atoms with Crippen LogP contribution in [0.2, 0.25) is 0 Å². The fourth-order valence-corrected chi connectivity index (χ4v) is 3.24. The minimum absolute atomic E-state index is 0.0226. The van der Waals surface area contributed by atoms with E-state index in [1.54, 1.807) is 0 Å². The van der Waals surface area contributed by atoms with E-state index in [-0.39, 0.29) is 23.9 Å². The maximum absolute atomic E-state index is 12.8. The molecule has 6 heteroatoms. The number of ether oxygens (including phenoxy) is 1. The minimum Gasteiger partial charge on any atom is -0.381 e. The molecule has 1 aliphatic rings. The quantitative estimate of drug-likeness (QED) is 0.752. The Morgan fingerprint density at radius 2 is 1.96 bits per heavy atom. The van der Waals surface area contributed by atoms with Crippen molar-refractivity contribution in [1.82, 2.24) is 20.6 Å². The lowest BCUT2D eigenvalue weighted by atomic mass is 9.99. The second-order valence-corrected chi connectivity index (χ2v) is 7.14. The van der Waals surface area contributed by atoms with Gasteiger partial charge < -0.3 is 20.4 Å². The Labute approximate surface area is 148 Å². The van der Waals surface area contributed by atoms with Gasteiger partial charge in [0.25, 0.3) is 0 Å². The molecule has 2 heterocycles. The molecule has 1 fully saturated rings. The molecule has 0 radical (unpaired) electrons. The van der Waals surface area contributed by atoms with Crippen molar-refractivity contribution in [3.8, 4) is 0 Å². The lowest BCUT2D eigenvalue weighted by Crippen LogP contribution is -2.52. The van der Waals surface area contributed by atoms with Crippen LogP contribution >= 0.6 is 0 Å². The second-order valence-electron chi connectivity index (χ2n) is 7.14. The molecule has 0 spiro atoms. The molecule has 1 aliphatic heterocycles. The van der Waals surface area contributed by atoms with Gasteiger partial charge in [0.05, 0.1) is 23.1 Å². The zero-order chi connectivity index (χ0) is 17.8. The van der Waals surface area contributed by atoms with E-state index in [9.17, 15) is 4.79 Å². The Balaban J connectivity index is 1.65. The average Bonchev–Trinajstić information content (AvgIpc) is 3.04. The standard InChI is InChI=1S/C19H28N4O2/c1-12(2)17(21-14-8-10-25-11-9-14)19(24)20-13(3)18-22-15-6-4-5-7-16(15)23-18/h4-7,12-14,17,21H,8-11H2,1-3H3,(H,20,24)(H,22,23). The van der Waals surface area contributed by atoms with Gasteiger partial charge in [0, 0.05) is 19.3 Å². The fourth-order valence-electron chi connectivity index (χ4n) is 3.24. The summed E-state index contributed by atoms with van der Waals surface area (Å²) in [5.41, 5.74) is 1.90. The first-order valence-electron chi connectivity index (χ1n) is 9.13. The van der Waals surface area contributed by atoms with E-state index in [2.05, 4.69) is 34.4 Å². The molecule has 2 aromatic rings. The van der Waals surface area contributed by atoms with Crippen LogP contribution in [-0.2, 0) is 9.53 Å². The molecule has 0 aliphatic carbocycles. The molecule has 0 saturated carbocycles. The van der Waals surface area contributed by atoms with Gasteiger partial charge in [0.1, 0.15) is 5.82 Å². The van der Waals surface area contributed by atoms with Crippen LogP contribution in [0, 0.1) is 5.92 Å². The summed E-state index contributed by atoms with van der Waals surface area (Å²) >= 11 is 0. The Kier molecular flexibility index (Phi) is 5.71. The average molecular weight is 344 g/mol. The number of nitrogens with one attached hydrogen (secondary N) is 3. The first kappa shape index (κ1) is 17.9. The predicted molar refractivity (Wildman–Crippen MR) is 98.3 cm³/mol. The van der Waals surface area contributed by atoms with E-state index in [4.69, 9.17) is 4.74 Å². The zero-order valence-corrected chi connectivity index (χ0v) is 15.2. The zero-order valence-electron chi connectivity index (χ0n) is 15.2. The molecule has 3 rings (SSSR count). The van der Waals surface area contributed by atoms with Crippen molar-refractivity contribution < 1.29 is 9.53 Å². The van der Waals surface area contributed by atoms with Crippen LogP contribution in [0.5, 0.6) is 0 Å². The number of H-pyrrole nitrogens is 1. The summed E-state index contributed by atoms with van der Waals surface area (Å²) in [6.45, 7) is 7.63. The van der Waals surface area contributed by atoms with E-state index < -0.39 is 0 Å². The third kappa shape index (κ3) is 4.38. The Bertz CT molecular complexity index is 673. The minimum atomic E-state index is -0.213. The van der Waals surface area contributed by atoms with Crippen LogP contribution in [-0.4, -0.2) is 41.2 Å². The van der Waals surface area contributed by atoms with Crippen LogP contribution in [0.4, 0.5) is 0 Å². The molecule has 2 atom stereocenters. The number of imidazole rings is 1. The summed E-state index contributed by atoms with van der Waals surface area (Å²) in [6, 6.07) is 7.85. The molecular formula is C19H28N4O2. The Morgan fingerprint density at radius 3 is 2.64 bits per heavy atom. The fraction of sp³-hybridized carbons (Fsp3) is 0.579. The summed E-state index contributed by atoms with van der Waals surface area (Å²) in [7, 11) is 0. The maximum Gasteiger partial charge on any atom is 0.237 e. The number of nitrogens with zero attached hydrogens (tertiary/aromatic N) is 1. The number of fused-ring (bicyclic) bond motifs is 1. The summed E-state index contributed by atoms with van der Waals surface area (Å²) in [4.78, 5) is 20.7. The predicted octanol–water partition coefficient (Wildman–Crippen LogP) is 2.53. The van der Waals surface area contributed by atoms with E-state index in [1.807, 2.05) is 31.2 Å². The number of carbonyl (C=O) groups excluding carboxylic acids is 1. The van der Waals surface area contributed by atoms with Crippen molar-refractivity contribution in [3.63, 3.8) is 0 Å². The lowest BCUT2D eigenvalue weighted by molar-refractivity contribution is -0.125. The maximum atomic E-state index is 12.8. The number of carbonyl (C=O) groups is 1. The highest BCUT2D eigenvalue weighted by Gasteiger charge is 2.27. The van der Waals surface area contributed by atoms with Crippen molar-refractivity contribution in [2.24, 2.45) is 5.92 Å². The smallest absolute Gasteiger partial charge is 0.237 e. The first-order chi connectivity index (χ1) is 12.0. The first-order valence-corrected chi connectivity index (χ1v) is 9.13. The second kappa shape index (κ2) is 7.97. The monoisotopic (exact) mass is 344 g/mol. The van der Waals surface area contributed by atoms with Gasteiger partial charge in [-0.05, 0) is 37.8 Å². The van der Waals surface area contributed by atoms with Crippen molar-refractivity contribution >= 4 is 16.9 Å². The molecule has 136 valence electrons. The van der Waals surface area contributed by atoms with Crippen molar-refractivity contribution in [2.45, 2.75) is 51.7 Å². The number of hydrogen-bond acceptors (Lipinski definition) is 4. The van der Waals surface area contributed by atoms with Crippen molar-refractivity contribution in [1.29, 1.82) is 0 Å². The summed E-state index contributed by atoms with van der Waals surface area (Å²) < 4.78 is 5.40. The molecule has 6 nitrogen and oxygen atoms in total. The largest absolute Gasteiger partial charge is 0.381 e. The van der Waals surface area contributed by atoms with Gasteiger partial charge >= 0.3 is 0 Å². The molecule has 0 bridgehead atoms. The number of para-hydroxylation sites is 2. The third-order valence-corrected chi connectivity index (χ3v) is 4.76. The van der Waals surface area contributed by atoms with Gasteiger partial charge in [-0.3, -0.25) is 4.79 Å². The van der Waals surface area contributed by atoms with Crippen LogP contribution in [0.3, 0.4) is 0 Å². The highest BCUT2D eigenvalue weighted by atomic mass is 16.5. The number of rotatable bonds is 6. The Hall–Kier alpha value is -1.92. The number of benzene rings is 1. The molecule has 1 aromatic carbocycles. The van der Waals surface area contributed by atoms with E-state index >= 15 is 0 Å². The van der Waals surface area contributed by atoms with Gasteiger partial charge in [0.2, 0.25) is 5.91 Å². The molecule has 1 aromatic heterocycles. The SMILES string of the molecule is CC(NC(=O)C(NC1CCOCC1)C(C)C)c1nc2ccccc2[nH]1. The molecule has 25 heavy (non-hydrogen) atoms. The van der Waals surface area contributed by atoms with E-state index in [0.717, 1.165) is 42.9 Å². The van der Waals surface area contributed by atoms with Gasteiger partial charge in [-0.1, -0.05) is 26.0 Å². The van der Waals surface area contributed by atoms with Gasteiger partial charge in [-0.2, -0.15) is 0 Å².